The normalized spacial score (nSPS) is 19.5. The molecule has 0 aliphatic heterocycles. The number of aryl methyl sites for hydroxylation is 2. The summed E-state index contributed by atoms with van der Waals surface area (Å²) < 4.78 is 29.7. The van der Waals surface area contributed by atoms with Crippen LogP contribution in [0, 0.1) is 12.8 Å². The van der Waals surface area contributed by atoms with Crippen LogP contribution in [0.25, 0.3) is 22.6 Å². The van der Waals surface area contributed by atoms with E-state index in [1.54, 1.807) is 12.4 Å². The Hall–Kier alpha value is -3.41. The van der Waals surface area contributed by atoms with Crippen LogP contribution in [0.4, 0.5) is 5.82 Å². The Labute approximate surface area is 205 Å². The Morgan fingerprint density at radius 1 is 1.26 bits per heavy atom. The highest BCUT2D eigenvalue weighted by Crippen LogP contribution is 2.31. The molecule has 11 nitrogen and oxygen atoms in total. The summed E-state index contributed by atoms with van der Waals surface area (Å²) in [5.74, 6) is 2.10. The first-order valence-corrected chi connectivity index (χ1v) is 13.5. The lowest BCUT2D eigenvalue weighted by Crippen LogP contribution is -2.31. The Balaban J connectivity index is 1.70. The quantitative estimate of drug-likeness (QED) is 0.523. The molecule has 0 bridgehead atoms. The number of nitrogens with one attached hydrogen (secondary N) is 1. The number of anilines is 1. The average molecular weight is 498 g/mol. The van der Waals surface area contributed by atoms with Gasteiger partial charge in [0.1, 0.15) is 18.0 Å². The Kier molecular flexibility index (Phi) is 6.84. The highest BCUT2D eigenvalue weighted by atomic mass is 32.2. The summed E-state index contributed by atoms with van der Waals surface area (Å²) in [4.78, 5) is 22.4. The lowest BCUT2D eigenvalue weighted by atomic mass is 9.85. The molecular formula is C23H31N9O2S. The number of hydrogen-bond acceptors (Lipinski definition) is 9. The van der Waals surface area contributed by atoms with Crippen LogP contribution in [0.5, 0.6) is 0 Å². The second-order valence-electron chi connectivity index (χ2n) is 9.04. The minimum absolute atomic E-state index is 0.0168. The summed E-state index contributed by atoms with van der Waals surface area (Å²) in [7, 11) is -3.52. The van der Waals surface area contributed by atoms with E-state index in [0.29, 0.717) is 60.0 Å². The minimum Gasteiger partial charge on any atom is -0.402 e. The van der Waals surface area contributed by atoms with Gasteiger partial charge in [-0.1, -0.05) is 13.8 Å². The van der Waals surface area contributed by atoms with Gasteiger partial charge in [0.2, 0.25) is 10.0 Å². The van der Waals surface area contributed by atoms with Crippen molar-refractivity contribution in [3.8, 4) is 11.4 Å². The molecule has 0 spiro atoms. The lowest BCUT2D eigenvalue weighted by Gasteiger charge is -2.29. The number of allylic oxidation sites excluding steroid dienone is 1. The molecule has 0 saturated heterocycles. The number of imidazole rings is 1. The summed E-state index contributed by atoms with van der Waals surface area (Å²) in [5, 5.41) is 3.50. The second kappa shape index (κ2) is 9.68. The van der Waals surface area contributed by atoms with Gasteiger partial charge >= 0.3 is 0 Å². The zero-order valence-corrected chi connectivity index (χ0v) is 21.5. The third-order valence-electron chi connectivity index (χ3n) is 6.00. The monoisotopic (exact) mass is 497 g/mol. The van der Waals surface area contributed by atoms with Crippen molar-refractivity contribution < 1.29 is 8.42 Å². The highest BCUT2D eigenvalue weighted by Gasteiger charge is 2.27. The molecule has 4 rings (SSSR count). The number of nitrogens with two attached hydrogens (primary N) is 1. The van der Waals surface area contributed by atoms with E-state index in [0.717, 1.165) is 23.2 Å². The average Bonchev–Trinajstić information content (AvgIpc) is 3.18. The number of sulfonamides is 1. The Morgan fingerprint density at radius 2 is 1.97 bits per heavy atom. The van der Waals surface area contributed by atoms with Crippen LogP contribution < -0.4 is 11.1 Å². The van der Waals surface area contributed by atoms with Crippen molar-refractivity contribution in [1.29, 1.82) is 0 Å². The highest BCUT2D eigenvalue weighted by molar-refractivity contribution is 7.89. The summed E-state index contributed by atoms with van der Waals surface area (Å²) in [5.41, 5.74) is 10.5. The van der Waals surface area contributed by atoms with Crippen molar-refractivity contribution in [2.24, 2.45) is 16.0 Å². The smallest absolute Gasteiger partial charge is 0.250 e. The Bertz CT molecular complexity index is 1410. The van der Waals surface area contributed by atoms with Gasteiger partial charge in [0.25, 0.3) is 0 Å². The molecular weight excluding hydrogens is 466 g/mol. The molecule has 0 aromatic carbocycles. The fourth-order valence-corrected chi connectivity index (χ4v) is 4.85. The van der Waals surface area contributed by atoms with Gasteiger partial charge in [-0.05, 0) is 44.6 Å². The molecule has 0 amide bonds. The molecule has 12 heteroatoms. The molecule has 1 aliphatic rings. The molecule has 3 heterocycles. The number of aromatic nitrogens is 6. The van der Waals surface area contributed by atoms with Gasteiger partial charge in [-0.25, -0.2) is 33.3 Å². The first kappa shape index (κ1) is 24.7. The predicted octanol–water partition coefficient (Wildman–Crippen LogP) is 2.85. The first-order chi connectivity index (χ1) is 16.6. The molecule has 3 aromatic rings. The van der Waals surface area contributed by atoms with Crippen molar-refractivity contribution in [1.82, 2.24) is 29.5 Å². The van der Waals surface area contributed by atoms with E-state index in [1.807, 2.05) is 32.3 Å². The molecule has 1 saturated carbocycles. The van der Waals surface area contributed by atoms with Gasteiger partial charge in [-0.3, -0.25) is 0 Å². The van der Waals surface area contributed by atoms with Gasteiger partial charge in [0, 0.05) is 30.7 Å². The van der Waals surface area contributed by atoms with Gasteiger partial charge in [0.05, 0.1) is 17.5 Å². The van der Waals surface area contributed by atoms with Gasteiger partial charge in [-0.15, -0.1) is 0 Å². The van der Waals surface area contributed by atoms with Crippen LogP contribution in [0.2, 0.25) is 0 Å². The molecule has 3 aromatic heterocycles. The van der Waals surface area contributed by atoms with E-state index in [-0.39, 0.29) is 12.0 Å². The van der Waals surface area contributed by atoms with E-state index in [1.165, 1.54) is 6.33 Å². The number of hydrogen-bond donors (Lipinski definition) is 2. The summed E-state index contributed by atoms with van der Waals surface area (Å²) in [6.45, 7) is 8.51. The van der Waals surface area contributed by atoms with Gasteiger partial charge < -0.3 is 15.6 Å². The van der Waals surface area contributed by atoms with Crippen molar-refractivity contribution in [2.45, 2.75) is 59.5 Å². The van der Waals surface area contributed by atoms with Crippen molar-refractivity contribution in [3.05, 3.63) is 35.8 Å². The summed E-state index contributed by atoms with van der Waals surface area (Å²) in [6.07, 6.45) is 7.85. The van der Waals surface area contributed by atoms with Gasteiger partial charge in [-0.2, -0.15) is 4.40 Å². The van der Waals surface area contributed by atoms with Crippen LogP contribution in [-0.2, 0) is 16.6 Å². The maximum Gasteiger partial charge on any atom is 0.250 e. The molecule has 186 valence electrons. The molecule has 0 radical (unpaired) electrons. The van der Waals surface area contributed by atoms with Crippen molar-refractivity contribution >= 4 is 32.7 Å². The third-order valence-corrected chi connectivity index (χ3v) is 6.56. The maximum absolute atomic E-state index is 11.9. The number of rotatable bonds is 6. The Morgan fingerprint density at radius 3 is 2.60 bits per heavy atom. The van der Waals surface area contributed by atoms with Crippen LogP contribution in [0.3, 0.4) is 0 Å². The van der Waals surface area contributed by atoms with Gasteiger partial charge in [0.15, 0.2) is 17.0 Å². The first-order valence-electron chi connectivity index (χ1n) is 11.6. The molecule has 1 aliphatic carbocycles. The van der Waals surface area contributed by atoms with E-state index in [9.17, 15) is 8.42 Å². The standard InChI is InChI=1S/C23H31N9O2S/c1-6-32-22(15-10-25-14(4)26-11-15)30-20-21(27-12-28-23(20)32)29-16-7-8-18(31-35(5,33)34)17(9-16)19(24)13(2)3/h10-13,16H,6-9,24H2,1-5H3,(H,27,28,29). The third kappa shape index (κ3) is 5.31. The van der Waals surface area contributed by atoms with Crippen LogP contribution in [0.1, 0.15) is 45.9 Å². The SMILES string of the molecule is CCn1c(-c2cnc(C)nc2)nc2c(NC3CCC(=NS(C)(=O)=O)C(=C(N)C(C)C)C3)ncnc21. The number of nitrogens with zero attached hydrogens (tertiary/aromatic N) is 7. The zero-order valence-electron chi connectivity index (χ0n) is 20.6. The molecule has 3 N–H and O–H groups in total. The fraction of sp³-hybridized carbons (Fsp3) is 0.478. The van der Waals surface area contributed by atoms with Crippen LogP contribution in [0.15, 0.2) is 34.4 Å². The van der Waals surface area contributed by atoms with Crippen LogP contribution >= 0.6 is 0 Å². The van der Waals surface area contributed by atoms with E-state index in [2.05, 4.69) is 29.7 Å². The van der Waals surface area contributed by atoms with Crippen molar-refractivity contribution in [2.75, 3.05) is 11.6 Å². The largest absolute Gasteiger partial charge is 0.402 e. The van der Waals surface area contributed by atoms with Crippen LogP contribution in [-0.4, -0.2) is 55.9 Å². The predicted molar refractivity (Wildman–Crippen MR) is 136 cm³/mol. The second-order valence-corrected chi connectivity index (χ2v) is 10.7. The molecule has 1 unspecified atom stereocenters. The lowest BCUT2D eigenvalue weighted by molar-refractivity contribution is 0.601. The molecule has 35 heavy (non-hydrogen) atoms. The zero-order chi connectivity index (χ0) is 25.3. The maximum atomic E-state index is 11.9. The molecule has 1 atom stereocenters. The topological polar surface area (TPSA) is 154 Å². The van der Waals surface area contributed by atoms with E-state index >= 15 is 0 Å². The summed E-state index contributed by atoms with van der Waals surface area (Å²) >= 11 is 0. The minimum atomic E-state index is -3.52. The van der Waals surface area contributed by atoms with Crippen molar-refractivity contribution in [3.63, 3.8) is 0 Å². The van der Waals surface area contributed by atoms with E-state index < -0.39 is 10.0 Å². The molecule has 1 fully saturated rings. The van der Waals surface area contributed by atoms with E-state index in [4.69, 9.17) is 10.7 Å². The summed E-state index contributed by atoms with van der Waals surface area (Å²) in [6, 6.07) is -0.0168. The number of fused-ring (bicyclic) bond motifs is 1. The fourth-order valence-electron chi connectivity index (χ4n) is 4.25.